The number of aryl methyl sites for hydroxylation is 2. The zero-order valence-electron chi connectivity index (χ0n) is 14.6. The van der Waals surface area contributed by atoms with Crippen LogP contribution in [0.1, 0.15) is 59.3 Å². The number of hydrogen-bond acceptors (Lipinski definition) is 2. The van der Waals surface area contributed by atoms with Crippen LogP contribution in [-0.2, 0) is 4.79 Å². The van der Waals surface area contributed by atoms with E-state index in [0.717, 1.165) is 17.5 Å². The Balaban J connectivity index is 1.88. The lowest BCUT2D eigenvalue weighted by Crippen LogP contribution is -2.28. The van der Waals surface area contributed by atoms with Crippen LogP contribution in [0.15, 0.2) is 48.5 Å². The summed E-state index contributed by atoms with van der Waals surface area (Å²) in [5.74, 6) is -0.0728. The number of carbonyl (C=O) groups is 2. The van der Waals surface area contributed by atoms with Crippen molar-refractivity contribution < 1.29 is 9.59 Å². The van der Waals surface area contributed by atoms with Gasteiger partial charge in [0.1, 0.15) is 0 Å². The Morgan fingerprint density at radius 1 is 0.875 bits per heavy atom. The van der Waals surface area contributed by atoms with Gasteiger partial charge in [0.05, 0.1) is 6.04 Å². The average molecular weight is 323 g/mol. The quantitative estimate of drug-likeness (QED) is 0.761. The smallest absolute Gasteiger partial charge is 0.220 e. The van der Waals surface area contributed by atoms with E-state index in [1.165, 1.54) is 5.56 Å². The summed E-state index contributed by atoms with van der Waals surface area (Å²) in [6.07, 6.45) is 1.27. The number of ketones is 1. The Labute approximate surface area is 144 Å². The first-order valence-corrected chi connectivity index (χ1v) is 8.45. The summed E-state index contributed by atoms with van der Waals surface area (Å²) >= 11 is 0. The third-order valence-electron chi connectivity index (χ3n) is 4.18. The first kappa shape index (κ1) is 17.9. The van der Waals surface area contributed by atoms with Gasteiger partial charge < -0.3 is 5.32 Å². The Bertz CT molecular complexity index is 687. The van der Waals surface area contributed by atoms with Crippen LogP contribution in [0.25, 0.3) is 0 Å². The van der Waals surface area contributed by atoms with Crippen LogP contribution in [0.4, 0.5) is 0 Å². The summed E-state index contributed by atoms with van der Waals surface area (Å²) in [7, 11) is 0. The van der Waals surface area contributed by atoms with Gasteiger partial charge in [0, 0.05) is 18.4 Å². The molecule has 2 rings (SSSR count). The first-order valence-electron chi connectivity index (χ1n) is 8.45. The van der Waals surface area contributed by atoms with Gasteiger partial charge in [-0.15, -0.1) is 0 Å². The number of hydrogen-bond donors (Lipinski definition) is 1. The van der Waals surface area contributed by atoms with Crippen molar-refractivity contribution in [3.05, 3.63) is 70.8 Å². The van der Waals surface area contributed by atoms with Gasteiger partial charge in [-0.2, -0.15) is 0 Å². The van der Waals surface area contributed by atoms with Gasteiger partial charge >= 0.3 is 0 Å². The van der Waals surface area contributed by atoms with Gasteiger partial charge in [-0.3, -0.25) is 9.59 Å². The molecule has 1 atom stereocenters. The molecule has 1 N–H and O–H groups in total. The number of Topliss-reactive ketones (excluding diaryl/α,β-unsaturated/α-hetero) is 1. The Morgan fingerprint density at radius 2 is 1.42 bits per heavy atom. The fraction of sp³-hybridized carbons (Fsp3) is 0.333. The topological polar surface area (TPSA) is 46.2 Å². The highest BCUT2D eigenvalue weighted by molar-refractivity contribution is 5.98. The highest BCUT2D eigenvalue weighted by atomic mass is 16.2. The molecule has 0 aliphatic carbocycles. The molecule has 0 heterocycles. The molecular formula is C21H25NO2. The Morgan fingerprint density at radius 3 is 1.96 bits per heavy atom. The van der Waals surface area contributed by atoms with Crippen LogP contribution in [0.3, 0.4) is 0 Å². The summed E-state index contributed by atoms with van der Waals surface area (Å²) in [5.41, 5.74) is 4.08. The Hall–Kier alpha value is -2.42. The minimum Gasteiger partial charge on any atom is -0.349 e. The summed E-state index contributed by atoms with van der Waals surface area (Å²) < 4.78 is 0. The van der Waals surface area contributed by atoms with Crippen molar-refractivity contribution >= 4 is 11.7 Å². The molecular weight excluding hydrogens is 298 g/mol. The lowest BCUT2D eigenvalue weighted by molar-refractivity contribution is -0.121. The van der Waals surface area contributed by atoms with Crippen molar-refractivity contribution in [1.82, 2.24) is 5.32 Å². The predicted octanol–water partition coefficient (Wildman–Crippen LogP) is 4.53. The molecule has 0 saturated heterocycles. The van der Waals surface area contributed by atoms with E-state index < -0.39 is 0 Å². The molecule has 0 fully saturated rings. The van der Waals surface area contributed by atoms with Crippen molar-refractivity contribution in [3.63, 3.8) is 0 Å². The van der Waals surface area contributed by atoms with E-state index in [-0.39, 0.29) is 30.6 Å². The van der Waals surface area contributed by atoms with Gasteiger partial charge in [-0.1, -0.05) is 66.6 Å². The molecule has 1 amide bonds. The molecule has 126 valence electrons. The standard InChI is InChI=1S/C21H25NO2/c1-4-19(17-9-5-15(2)6-10-17)22-21(24)14-13-20(23)18-11-7-16(3)8-12-18/h5-12,19H,4,13-14H2,1-3H3,(H,22,24). The first-order chi connectivity index (χ1) is 11.5. The molecule has 0 radical (unpaired) electrons. The third kappa shape index (κ3) is 5.05. The van der Waals surface area contributed by atoms with E-state index >= 15 is 0 Å². The van der Waals surface area contributed by atoms with E-state index in [2.05, 4.69) is 5.32 Å². The van der Waals surface area contributed by atoms with Crippen LogP contribution in [0, 0.1) is 13.8 Å². The van der Waals surface area contributed by atoms with Crippen LogP contribution in [0.2, 0.25) is 0 Å². The fourth-order valence-electron chi connectivity index (χ4n) is 2.60. The molecule has 3 nitrogen and oxygen atoms in total. The van der Waals surface area contributed by atoms with E-state index in [9.17, 15) is 9.59 Å². The van der Waals surface area contributed by atoms with Crippen LogP contribution in [-0.4, -0.2) is 11.7 Å². The van der Waals surface area contributed by atoms with Crippen LogP contribution < -0.4 is 5.32 Å². The van der Waals surface area contributed by atoms with Crippen molar-refractivity contribution in [2.45, 2.75) is 46.1 Å². The predicted molar refractivity (Wildman–Crippen MR) is 97.1 cm³/mol. The minimum absolute atomic E-state index is 0.00687. The number of carbonyl (C=O) groups excluding carboxylic acids is 2. The number of rotatable bonds is 7. The van der Waals surface area contributed by atoms with Crippen molar-refractivity contribution in [1.29, 1.82) is 0 Å². The maximum absolute atomic E-state index is 12.2. The van der Waals surface area contributed by atoms with Crippen molar-refractivity contribution in [3.8, 4) is 0 Å². The van der Waals surface area contributed by atoms with Gasteiger partial charge in [0.15, 0.2) is 5.78 Å². The summed E-state index contributed by atoms with van der Waals surface area (Å²) in [5, 5.41) is 3.03. The van der Waals surface area contributed by atoms with E-state index in [1.54, 1.807) is 0 Å². The second-order valence-corrected chi connectivity index (χ2v) is 6.23. The Kier molecular flexibility index (Phi) is 6.30. The maximum Gasteiger partial charge on any atom is 0.220 e. The zero-order chi connectivity index (χ0) is 17.5. The lowest BCUT2D eigenvalue weighted by atomic mass is 10.0. The molecule has 0 bridgehead atoms. The average Bonchev–Trinajstić information content (AvgIpc) is 2.59. The van der Waals surface area contributed by atoms with E-state index in [1.807, 2.05) is 69.3 Å². The number of benzene rings is 2. The third-order valence-corrected chi connectivity index (χ3v) is 4.18. The molecule has 2 aromatic carbocycles. The second kappa shape index (κ2) is 8.44. The monoisotopic (exact) mass is 323 g/mol. The summed E-state index contributed by atoms with van der Waals surface area (Å²) in [6.45, 7) is 6.07. The highest BCUT2D eigenvalue weighted by Gasteiger charge is 2.14. The summed E-state index contributed by atoms with van der Waals surface area (Å²) in [6, 6.07) is 15.6. The largest absolute Gasteiger partial charge is 0.349 e. The number of amides is 1. The van der Waals surface area contributed by atoms with E-state index in [4.69, 9.17) is 0 Å². The normalized spacial score (nSPS) is 11.8. The molecule has 3 heteroatoms. The van der Waals surface area contributed by atoms with Gasteiger partial charge in [0.2, 0.25) is 5.91 Å². The molecule has 0 aromatic heterocycles. The van der Waals surface area contributed by atoms with Gasteiger partial charge in [-0.05, 0) is 25.8 Å². The molecule has 1 unspecified atom stereocenters. The van der Waals surface area contributed by atoms with Crippen molar-refractivity contribution in [2.75, 3.05) is 0 Å². The van der Waals surface area contributed by atoms with Crippen LogP contribution in [0.5, 0.6) is 0 Å². The lowest BCUT2D eigenvalue weighted by Gasteiger charge is -2.17. The molecule has 2 aromatic rings. The van der Waals surface area contributed by atoms with Gasteiger partial charge in [-0.25, -0.2) is 0 Å². The summed E-state index contributed by atoms with van der Waals surface area (Å²) in [4.78, 5) is 24.3. The van der Waals surface area contributed by atoms with Gasteiger partial charge in [0.25, 0.3) is 0 Å². The van der Waals surface area contributed by atoms with E-state index in [0.29, 0.717) is 5.56 Å². The maximum atomic E-state index is 12.2. The molecule has 0 saturated carbocycles. The molecule has 0 aliphatic heterocycles. The van der Waals surface area contributed by atoms with Crippen molar-refractivity contribution in [2.24, 2.45) is 0 Å². The second-order valence-electron chi connectivity index (χ2n) is 6.23. The number of nitrogens with one attached hydrogen (secondary N) is 1. The highest BCUT2D eigenvalue weighted by Crippen LogP contribution is 2.17. The minimum atomic E-state index is -0.0807. The SMILES string of the molecule is CCC(NC(=O)CCC(=O)c1ccc(C)cc1)c1ccc(C)cc1. The van der Waals surface area contributed by atoms with Crippen LogP contribution >= 0.6 is 0 Å². The fourth-order valence-corrected chi connectivity index (χ4v) is 2.60. The zero-order valence-corrected chi connectivity index (χ0v) is 14.6. The molecule has 24 heavy (non-hydrogen) atoms. The molecule has 0 spiro atoms. The molecule has 0 aliphatic rings.